The van der Waals surface area contributed by atoms with Gasteiger partial charge in [-0.05, 0) is 24.6 Å². The largest absolute Gasteiger partial charge is 0.454 e. The SMILES string of the molecule is Cc1ccccc1NC(=O)COC(=O)Cn1ccccc1=O. The zero-order valence-electron chi connectivity index (χ0n) is 12.1. The number of pyridine rings is 1. The second-order valence-electron chi connectivity index (χ2n) is 4.69. The van der Waals surface area contributed by atoms with Crippen LogP contribution in [0, 0.1) is 6.92 Å². The number of para-hydroxylation sites is 1. The summed E-state index contributed by atoms with van der Waals surface area (Å²) in [5.41, 5.74) is 1.28. The Morgan fingerprint density at radius 2 is 1.86 bits per heavy atom. The molecule has 1 aromatic carbocycles. The van der Waals surface area contributed by atoms with Gasteiger partial charge in [-0.1, -0.05) is 24.3 Å². The molecule has 0 saturated heterocycles. The molecule has 1 N–H and O–H groups in total. The molecule has 1 amide bonds. The first-order chi connectivity index (χ1) is 10.6. The van der Waals surface area contributed by atoms with Crippen molar-refractivity contribution in [1.82, 2.24) is 4.57 Å². The van der Waals surface area contributed by atoms with Crippen molar-refractivity contribution >= 4 is 17.6 Å². The average molecular weight is 300 g/mol. The van der Waals surface area contributed by atoms with E-state index in [2.05, 4.69) is 5.32 Å². The van der Waals surface area contributed by atoms with E-state index >= 15 is 0 Å². The number of amides is 1. The van der Waals surface area contributed by atoms with Crippen LogP contribution in [-0.4, -0.2) is 23.1 Å². The molecule has 0 aliphatic heterocycles. The van der Waals surface area contributed by atoms with Gasteiger partial charge in [-0.2, -0.15) is 0 Å². The maximum Gasteiger partial charge on any atom is 0.326 e. The van der Waals surface area contributed by atoms with Crippen molar-refractivity contribution in [2.75, 3.05) is 11.9 Å². The van der Waals surface area contributed by atoms with Gasteiger partial charge in [-0.25, -0.2) is 0 Å². The van der Waals surface area contributed by atoms with Gasteiger partial charge in [0.15, 0.2) is 6.61 Å². The molecule has 0 bridgehead atoms. The molecule has 0 fully saturated rings. The Labute approximate surface area is 127 Å². The second kappa shape index (κ2) is 7.21. The first kappa shape index (κ1) is 15.5. The maximum atomic E-state index is 11.7. The first-order valence-corrected chi connectivity index (χ1v) is 6.73. The Morgan fingerprint density at radius 1 is 1.14 bits per heavy atom. The molecule has 1 heterocycles. The van der Waals surface area contributed by atoms with Crippen LogP contribution in [0.5, 0.6) is 0 Å². The second-order valence-corrected chi connectivity index (χ2v) is 4.69. The van der Waals surface area contributed by atoms with Crippen LogP contribution in [0.15, 0.2) is 53.5 Å². The van der Waals surface area contributed by atoms with Gasteiger partial charge in [-0.15, -0.1) is 0 Å². The number of carbonyl (C=O) groups excluding carboxylic acids is 2. The number of aryl methyl sites for hydroxylation is 1. The molecule has 1 aromatic heterocycles. The van der Waals surface area contributed by atoms with Gasteiger partial charge in [0, 0.05) is 18.0 Å². The van der Waals surface area contributed by atoms with Gasteiger partial charge in [0.05, 0.1) is 0 Å². The van der Waals surface area contributed by atoms with E-state index in [-0.39, 0.29) is 12.1 Å². The molecule has 0 saturated carbocycles. The average Bonchev–Trinajstić information content (AvgIpc) is 2.50. The Balaban J connectivity index is 1.84. The molecule has 0 spiro atoms. The molecule has 22 heavy (non-hydrogen) atoms. The summed E-state index contributed by atoms with van der Waals surface area (Å²) in [6.45, 7) is 1.25. The summed E-state index contributed by atoms with van der Waals surface area (Å²) in [6.07, 6.45) is 1.48. The molecular formula is C16H16N2O4. The van der Waals surface area contributed by atoms with Crippen LogP contribution < -0.4 is 10.9 Å². The third-order valence-corrected chi connectivity index (χ3v) is 2.98. The minimum absolute atomic E-state index is 0.225. The quantitative estimate of drug-likeness (QED) is 0.845. The summed E-state index contributed by atoms with van der Waals surface area (Å²) >= 11 is 0. The molecule has 2 aromatic rings. The predicted octanol–water partition coefficient (Wildman–Crippen LogP) is 1.34. The van der Waals surface area contributed by atoms with Crippen molar-refractivity contribution in [3.63, 3.8) is 0 Å². The van der Waals surface area contributed by atoms with Crippen LogP contribution in [0.4, 0.5) is 5.69 Å². The monoisotopic (exact) mass is 300 g/mol. The van der Waals surface area contributed by atoms with Crippen molar-refractivity contribution < 1.29 is 14.3 Å². The molecule has 0 unspecified atom stereocenters. The molecule has 0 radical (unpaired) electrons. The number of benzene rings is 1. The Hall–Kier alpha value is -2.89. The number of hydrogen-bond donors (Lipinski definition) is 1. The highest BCUT2D eigenvalue weighted by Crippen LogP contribution is 2.12. The smallest absolute Gasteiger partial charge is 0.326 e. The van der Waals surface area contributed by atoms with E-state index in [0.29, 0.717) is 5.69 Å². The van der Waals surface area contributed by atoms with E-state index in [1.54, 1.807) is 24.3 Å². The van der Waals surface area contributed by atoms with Gasteiger partial charge in [0.2, 0.25) is 0 Å². The number of rotatable bonds is 5. The maximum absolute atomic E-state index is 11.7. The van der Waals surface area contributed by atoms with Crippen molar-refractivity contribution in [1.29, 1.82) is 0 Å². The number of carbonyl (C=O) groups is 2. The van der Waals surface area contributed by atoms with Crippen LogP contribution in [0.1, 0.15) is 5.56 Å². The fraction of sp³-hybridized carbons (Fsp3) is 0.188. The summed E-state index contributed by atoms with van der Waals surface area (Å²) in [6, 6.07) is 11.9. The minimum Gasteiger partial charge on any atom is -0.454 e. The molecule has 0 aliphatic carbocycles. The van der Waals surface area contributed by atoms with Crippen molar-refractivity contribution in [3.8, 4) is 0 Å². The van der Waals surface area contributed by atoms with E-state index in [9.17, 15) is 14.4 Å². The van der Waals surface area contributed by atoms with Gasteiger partial charge in [-0.3, -0.25) is 14.4 Å². The Kier molecular flexibility index (Phi) is 5.08. The van der Waals surface area contributed by atoms with Crippen LogP contribution in [-0.2, 0) is 20.9 Å². The summed E-state index contributed by atoms with van der Waals surface area (Å²) in [5.74, 6) is -1.07. The normalized spacial score (nSPS) is 10.0. The van der Waals surface area contributed by atoms with Gasteiger partial charge in [0.25, 0.3) is 11.5 Å². The van der Waals surface area contributed by atoms with E-state index in [0.717, 1.165) is 5.56 Å². The van der Waals surface area contributed by atoms with E-state index in [1.165, 1.54) is 16.8 Å². The molecule has 2 rings (SSSR count). The predicted molar refractivity (Wildman–Crippen MR) is 81.5 cm³/mol. The van der Waals surface area contributed by atoms with Crippen LogP contribution in [0.25, 0.3) is 0 Å². The third-order valence-electron chi connectivity index (χ3n) is 2.98. The lowest BCUT2D eigenvalue weighted by atomic mass is 10.2. The summed E-state index contributed by atoms with van der Waals surface area (Å²) in [5, 5.41) is 2.66. The number of esters is 1. The van der Waals surface area contributed by atoms with E-state index in [4.69, 9.17) is 4.74 Å². The van der Waals surface area contributed by atoms with Gasteiger partial charge >= 0.3 is 5.97 Å². The third kappa shape index (κ3) is 4.31. The number of ether oxygens (including phenoxy) is 1. The molecule has 6 nitrogen and oxygen atoms in total. The number of hydrogen-bond acceptors (Lipinski definition) is 4. The van der Waals surface area contributed by atoms with E-state index in [1.807, 2.05) is 19.1 Å². The highest BCUT2D eigenvalue weighted by molar-refractivity contribution is 5.93. The fourth-order valence-corrected chi connectivity index (χ4v) is 1.82. The topological polar surface area (TPSA) is 77.4 Å². The summed E-state index contributed by atoms with van der Waals surface area (Å²) in [4.78, 5) is 34.8. The standard InChI is InChI=1S/C16H16N2O4/c1-12-6-2-3-7-13(12)17-14(19)11-22-16(21)10-18-9-5-4-8-15(18)20/h2-9H,10-11H2,1H3,(H,17,19). The van der Waals surface area contributed by atoms with E-state index < -0.39 is 18.5 Å². The van der Waals surface area contributed by atoms with Crippen LogP contribution in [0.3, 0.4) is 0 Å². The van der Waals surface area contributed by atoms with Crippen LogP contribution >= 0.6 is 0 Å². The highest BCUT2D eigenvalue weighted by atomic mass is 16.5. The number of nitrogens with one attached hydrogen (secondary N) is 1. The van der Waals surface area contributed by atoms with Crippen molar-refractivity contribution in [2.24, 2.45) is 0 Å². The van der Waals surface area contributed by atoms with Crippen molar-refractivity contribution in [3.05, 3.63) is 64.6 Å². The summed E-state index contributed by atoms with van der Waals surface area (Å²) in [7, 11) is 0. The highest BCUT2D eigenvalue weighted by Gasteiger charge is 2.09. The lowest BCUT2D eigenvalue weighted by molar-refractivity contribution is -0.147. The molecule has 6 heteroatoms. The molecule has 0 atom stereocenters. The molecule has 114 valence electrons. The van der Waals surface area contributed by atoms with Crippen molar-refractivity contribution in [2.45, 2.75) is 13.5 Å². The molecule has 0 aliphatic rings. The first-order valence-electron chi connectivity index (χ1n) is 6.73. The minimum atomic E-state index is -0.645. The number of anilines is 1. The number of aromatic nitrogens is 1. The van der Waals surface area contributed by atoms with Crippen LogP contribution in [0.2, 0.25) is 0 Å². The lowest BCUT2D eigenvalue weighted by Crippen LogP contribution is -2.27. The van der Waals surface area contributed by atoms with Gasteiger partial charge in [0.1, 0.15) is 6.54 Å². The fourth-order valence-electron chi connectivity index (χ4n) is 1.82. The Morgan fingerprint density at radius 3 is 2.59 bits per heavy atom. The van der Waals surface area contributed by atoms with Gasteiger partial charge < -0.3 is 14.6 Å². The lowest BCUT2D eigenvalue weighted by Gasteiger charge is -2.09. The summed E-state index contributed by atoms with van der Waals surface area (Å²) < 4.78 is 6.07. The zero-order chi connectivity index (χ0) is 15.9. The molecular weight excluding hydrogens is 284 g/mol. The Bertz CT molecular complexity index is 737. The number of nitrogens with zero attached hydrogens (tertiary/aromatic N) is 1. The zero-order valence-corrected chi connectivity index (χ0v) is 12.1.